The lowest BCUT2D eigenvalue weighted by molar-refractivity contribution is 0.348. The molecule has 0 aliphatic carbocycles. The third kappa shape index (κ3) is 2.53. The van der Waals surface area contributed by atoms with Gasteiger partial charge in [0, 0.05) is 12.2 Å². The van der Waals surface area contributed by atoms with Gasteiger partial charge in [-0.1, -0.05) is 26.8 Å². The fourth-order valence-electron chi connectivity index (χ4n) is 2.33. The normalized spacial score (nSPS) is 15.2. The highest BCUT2D eigenvalue weighted by molar-refractivity contribution is 5.37. The van der Waals surface area contributed by atoms with Crippen LogP contribution in [0.1, 0.15) is 46.0 Å². The summed E-state index contributed by atoms with van der Waals surface area (Å²) < 4.78 is 2.05. The second kappa shape index (κ2) is 5.48. The second-order valence-corrected chi connectivity index (χ2v) is 5.13. The molecule has 98 valence electrons. The van der Waals surface area contributed by atoms with E-state index >= 15 is 0 Å². The maximum absolute atomic E-state index is 4.29. The summed E-state index contributed by atoms with van der Waals surface area (Å²) in [6.45, 7) is 8.85. The van der Waals surface area contributed by atoms with Crippen molar-refractivity contribution < 1.29 is 0 Å². The topological polar surface area (TPSA) is 42.2 Å². The van der Waals surface area contributed by atoms with Crippen LogP contribution in [0.15, 0.2) is 24.4 Å². The predicted octanol–water partition coefficient (Wildman–Crippen LogP) is 2.81. The monoisotopic (exact) mass is 246 g/mol. The van der Waals surface area contributed by atoms with Gasteiger partial charge in [-0.05, 0) is 31.4 Å². The van der Waals surface area contributed by atoms with Gasteiger partial charge in [0.05, 0.1) is 6.04 Å². The summed E-state index contributed by atoms with van der Waals surface area (Å²) in [6, 6.07) is 6.68. The number of nitrogens with zero attached hydrogens (tertiary/aromatic N) is 3. The highest BCUT2D eigenvalue weighted by Crippen LogP contribution is 2.15. The Kier molecular flexibility index (Phi) is 3.97. The summed E-state index contributed by atoms with van der Waals surface area (Å²) in [6.07, 6.45) is 3.14. The van der Waals surface area contributed by atoms with Crippen LogP contribution in [0.3, 0.4) is 0 Å². The first-order chi connectivity index (χ1) is 8.63. The SMILES string of the molecule is CCC(NC(C)c1nnc2ccccn12)C(C)C. The van der Waals surface area contributed by atoms with Crippen LogP contribution in [0.4, 0.5) is 0 Å². The second-order valence-electron chi connectivity index (χ2n) is 5.13. The van der Waals surface area contributed by atoms with E-state index in [0.29, 0.717) is 12.0 Å². The van der Waals surface area contributed by atoms with Gasteiger partial charge in [-0.2, -0.15) is 0 Å². The van der Waals surface area contributed by atoms with E-state index in [1.807, 2.05) is 28.8 Å². The molecule has 2 atom stereocenters. The first-order valence-corrected chi connectivity index (χ1v) is 6.69. The number of fused-ring (bicyclic) bond motifs is 1. The third-order valence-corrected chi connectivity index (χ3v) is 3.44. The molecule has 2 heterocycles. The molecule has 0 radical (unpaired) electrons. The third-order valence-electron chi connectivity index (χ3n) is 3.44. The van der Waals surface area contributed by atoms with E-state index in [0.717, 1.165) is 17.9 Å². The number of pyridine rings is 1. The van der Waals surface area contributed by atoms with Crippen LogP contribution in [0.5, 0.6) is 0 Å². The van der Waals surface area contributed by atoms with Gasteiger partial charge in [-0.3, -0.25) is 4.40 Å². The zero-order valence-corrected chi connectivity index (χ0v) is 11.6. The minimum atomic E-state index is 0.203. The van der Waals surface area contributed by atoms with E-state index in [1.54, 1.807) is 0 Å². The Morgan fingerprint density at radius 3 is 2.67 bits per heavy atom. The molecule has 0 spiro atoms. The maximum atomic E-state index is 4.29. The lowest BCUT2D eigenvalue weighted by atomic mass is 10.0. The lowest BCUT2D eigenvalue weighted by Gasteiger charge is -2.24. The van der Waals surface area contributed by atoms with Gasteiger partial charge in [0.25, 0.3) is 0 Å². The van der Waals surface area contributed by atoms with Crippen molar-refractivity contribution in [2.24, 2.45) is 5.92 Å². The van der Waals surface area contributed by atoms with Crippen LogP contribution in [0, 0.1) is 5.92 Å². The number of hydrogen-bond acceptors (Lipinski definition) is 3. The minimum Gasteiger partial charge on any atom is -0.304 e. The van der Waals surface area contributed by atoms with Gasteiger partial charge in [-0.25, -0.2) is 0 Å². The van der Waals surface area contributed by atoms with Crippen molar-refractivity contribution in [2.75, 3.05) is 0 Å². The van der Waals surface area contributed by atoms with Gasteiger partial charge in [-0.15, -0.1) is 10.2 Å². The molecule has 0 amide bonds. The van der Waals surface area contributed by atoms with Crippen molar-refractivity contribution >= 4 is 5.65 Å². The summed E-state index contributed by atoms with van der Waals surface area (Å²) in [5, 5.41) is 12.1. The average Bonchev–Trinajstić information content (AvgIpc) is 2.79. The molecule has 4 nitrogen and oxygen atoms in total. The quantitative estimate of drug-likeness (QED) is 0.882. The highest BCUT2D eigenvalue weighted by Gasteiger charge is 2.18. The molecule has 2 aromatic heterocycles. The molecular formula is C14H22N4. The van der Waals surface area contributed by atoms with Gasteiger partial charge < -0.3 is 5.32 Å². The molecule has 0 aliphatic rings. The molecule has 2 rings (SSSR count). The summed E-state index contributed by atoms with van der Waals surface area (Å²) >= 11 is 0. The van der Waals surface area contributed by atoms with Crippen LogP contribution >= 0.6 is 0 Å². The maximum Gasteiger partial charge on any atom is 0.160 e. The summed E-state index contributed by atoms with van der Waals surface area (Å²) in [5.74, 6) is 1.60. The molecule has 0 saturated carbocycles. The van der Waals surface area contributed by atoms with Gasteiger partial charge in [0.2, 0.25) is 0 Å². The van der Waals surface area contributed by atoms with E-state index < -0.39 is 0 Å². The van der Waals surface area contributed by atoms with E-state index in [9.17, 15) is 0 Å². The smallest absolute Gasteiger partial charge is 0.160 e. The Bertz CT molecular complexity index is 503. The molecule has 0 bridgehead atoms. The van der Waals surface area contributed by atoms with Crippen molar-refractivity contribution in [1.29, 1.82) is 0 Å². The van der Waals surface area contributed by atoms with Crippen LogP contribution in [0.25, 0.3) is 5.65 Å². The van der Waals surface area contributed by atoms with Crippen LogP contribution in [-0.2, 0) is 0 Å². The Labute approximate surface area is 108 Å². The number of hydrogen-bond donors (Lipinski definition) is 1. The molecule has 0 aromatic carbocycles. The fourth-order valence-corrected chi connectivity index (χ4v) is 2.33. The number of nitrogens with one attached hydrogen (secondary N) is 1. The minimum absolute atomic E-state index is 0.203. The van der Waals surface area contributed by atoms with Gasteiger partial charge >= 0.3 is 0 Å². The standard InChI is InChI=1S/C14H22N4/c1-5-12(10(2)3)15-11(4)14-17-16-13-8-6-7-9-18(13)14/h6-12,15H,5H2,1-4H3. The van der Waals surface area contributed by atoms with Gasteiger partial charge in [0.15, 0.2) is 11.5 Å². The fraction of sp³-hybridized carbons (Fsp3) is 0.571. The van der Waals surface area contributed by atoms with Crippen molar-refractivity contribution in [2.45, 2.75) is 46.2 Å². The van der Waals surface area contributed by atoms with E-state index in [4.69, 9.17) is 0 Å². The Balaban J connectivity index is 2.20. The molecular weight excluding hydrogens is 224 g/mol. The zero-order chi connectivity index (χ0) is 13.1. The van der Waals surface area contributed by atoms with Crippen LogP contribution in [0.2, 0.25) is 0 Å². The molecule has 2 unspecified atom stereocenters. The van der Waals surface area contributed by atoms with Crippen molar-refractivity contribution in [3.05, 3.63) is 30.2 Å². The van der Waals surface area contributed by atoms with Crippen LogP contribution in [-0.4, -0.2) is 20.6 Å². The lowest BCUT2D eigenvalue weighted by Crippen LogP contribution is -2.35. The van der Waals surface area contributed by atoms with Gasteiger partial charge in [0.1, 0.15) is 0 Å². The van der Waals surface area contributed by atoms with Crippen molar-refractivity contribution in [3.63, 3.8) is 0 Å². The van der Waals surface area contributed by atoms with E-state index in [1.165, 1.54) is 0 Å². The zero-order valence-electron chi connectivity index (χ0n) is 11.6. The van der Waals surface area contributed by atoms with Crippen molar-refractivity contribution in [3.8, 4) is 0 Å². The largest absolute Gasteiger partial charge is 0.304 e. The Hall–Kier alpha value is -1.42. The first kappa shape index (κ1) is 13.0. The van der Waals surface area contributed by atoms with Crippen LogP contribution < -0.4 is 5.32 Å². The van der Waals surface area contributed by atoms with E-state index in [-0.39, 0.29) is 6.04 Å². The molecule has 2 aromatic rings. The number of rotatable bonds is 5. The first-order valence-electron chi connectivity index (χ1n) is 6.69. The molecule has 4 heteroatoms. The molecule has 0 saturated heterocycles. The summed E-state index contributed by atoms with van der Waals surface area (Å²) in [4.78, 5) is 0. The molecule has 18 heavy (non-hydrogen) atoms. The Morgan fingerprint density at radius 2 is 2.00 bits per heavy atom. The molecule has 0 fully saturated rings. The molecule has 1 N–H and O–H groups in total. The van der Waals surface area contributed by atoms with Crippen molar-refractivity contribution in [1.82, 2.24) is 19.9 Å². The summed E-state index contributed by atoms with van der Waals surface area (Å²) in [7, 11) is 0. The Morgan fingerprint density at radius 1 is 1.22 bits per heavy atom. The average molecular weight is 246 g/mol. The predicted molar refractivity (Wildman–Crippen MR) is 73.5 cm³/mol. The molecule has 0 aliphatic heterocycles. The number of aromatic nitrogens is 3. The summed E-state index contributed by atoms with van der Waals surface area (Å²) in [5.41, 5.74) is 0.902. The highest BCUT2D eigenvalue weighted by atomic mass is 15.3. The van der Waals surface area contributed by atoms with E-state index in [2.05, 4.69) is 43.2 Å².